The number of carbonyl (C=O) groups is 2. The Morgan fingerprint density at radius 2 is 1.59 bits per heavy atom. The van der Waals surface area contributed by atoms with Crippen LogP contribution in [0, 0.1) is 5.92 Å². The van der Waals surface area contributed by atoms with Gasteiger partial charge < -0.3 is 10.6 Å². The van der Waals surface area contributed by atoms with Crippen molar-refractivity contribution in [2.45, 2.75) is 84.0 Å². The predicted molar refractivity (Wildman–Crippen MR) is 90.3 cm³/mol. The molecule has 2 N–H and O–H groups in total. The molecule has 1 fully saturated rings. The lowest BCUT2D eigenvalue weighted by molar-refractivity contribution is -0.135. The van der Waals surface area contributed by atoms with Crippen LogP contribution in [0.1, 0.15) is 84.0 Å². The fourth-order valence-corrected chi connectivity index (χ4v) is 3.18. The molecule has 2 amide bonds. The number of carbonyl (C=O) groups excluding carboxylic acids is 2. The van der Waals surface area contributed by atoms with E-state index in [9.17, 15) is 9.59 Å². The van der Waals surface area contributed by atoms with E-state index in [4.69, 9.17) is 5.73 Å². The maximum Gasteiger partial charge on any atom is 0.222 e. The molecule has 0 radical (unpaired) electrons. The van der Waals surface area contributed by atoms with Gasteiger partial charge in [-0.1, -0.05) is 58.3 Å². The van der Waals surface area contributed by atoms with E-state index in [0.717, 1.165) is 32.2 Å². The molecule has 0 aliphatic carbocycles. The van der Waals surface area contributed by atoms with Crippen LogP contribution in [0.4, 0.5) is 0 Å². The SMILES string of the molecule is CCCCCCCCCCCC(=O)N1CCCC(C(N)=O)C1. The summed E-state index contributed by atoms with van der Waals surface area (Å²) in [6.45, 7) is 3.57. The molecule has 1 rings (SSSR count). The van der Waals surface area contributed by atoms with E-state index in [2.05, 4.69) is 6.92 Å². The van der Waals surface area contributed by atoms with Crippen LogP contribution in [0.3, 0.4) is 0 Å². The first-order valence-corrected chi connectivity index (χ1v) is 9.22. The number of likely N-dealkylation sites (tertiary alicyclic amines) is 1. The Morgan fingerprint density at radius 3 is 2.18 bits per heavy atom. The van der Waals surface area contributed by atoms with Crippen LogP contribution in [0.5, 0.6) is 0 Å². The quantitative estimate of drug-likeness (QED) is 0.592. The van der Waals surface area contributed by atoms with Gasteiger partial charge in [0, 0.05) is 19.5 Å². The van der Waals surface area contributed by atoms with Crippen LogP contribution in [0.15, 0.2) is 0 Å². The summed E-state index contributed by atoms with van der Waals surface area (Å²) in [5, 5.41) is 0. The molecule has 0 aromatic carbocycles. The lowest BCUT2D eigenvalue weighted by Crippen LogP contribution is -2.44. The summed E-state index contributed by atoms with van der Waals surface area (Å²) in [6.07, 6.45) is 13.7. The van der Waals surface area contributed by atoms with Gasteiger partial charge in [0.05, 0.1) is 5.92 Å². The first-order valence-electron chi connectivity index (χ1n) is 9.22. The molecule has 1 aliphatic heterocycles. The van der Waals surface area contributed by atoms with Crippen LogP contribution >= 0.6 is 0 Å². The lowest BCUT2D eigenvalue weighted by Gasteiger charge is -2.31. The minimum Gasteiger partial charge on any atom is -0.369 e. The molecular formula is C18H34N2O2. The first kappa shape index (κ1) is 19.0. The topological polar surface area (TPSA) is 63.4 Å². The van der Waals surface area contributed by atoms with Crippen molar-refractivity contribution < 1.29 is 9.59 Å². The smallest absolute Gasteiger partial charge is 0.222 e. The Balaban J connectivity index is 2.02. The largest absolute Gasteiger partial charge is 0.369 e. The molecule has 4 nitrogen and oxygen atoms in total. The van der Waals surface area contributed by atoms with Crippen molar-refractivity contribution in [3.8, 4) is 0 Å². The summed E-state index contributed by atoms with van der Waals surface area (Å²) in [7, 11) is 0. The van der Waals surface area contributed by atoms with Crippen LogP contribution in [0.25, 0.3) is 0 Å². The van der Waals surface area contributed by atoms with E-state index in [0.29, 0.717) is 13.0 Å². The number of rotatable bonds is 11. The van der Waals surface area contributed by atoms with E-state index in [1.807, 2.05) is 4.90 Å². The Hall–Kier alpha value is -1.06. The first-order chi connectivity index (χ1) is 10.6. The molecule has 22 heavy (non-hydrogen) atoms. The summed E-state index contributed by atoms with van der Waals surface area (Å²) in [5.74, 6) is -0.199. The maximum absolute atomic E-state index is 12.1. The van der Waals surface area contributed by atoms with Crippen LogP contribution in [0.2, 0.25) is 0 Å². The van der Waals surface area contributed by atoms with Gasteiger partial charge in [0.2, 0.25) is 11.8 Å². The zero-order valence-corrected chi connectivity index (χ0v) is 14.3. The molecule has 0 saturated carbocycles. The highest BCUT2D eigenvalue weighted by Crippen LogP contribution is 2.18. The number of amides is 2. The Kier molecular flexibility index (Phi) is 9.93. The fourth-order valence-electron chi connectivity index (χ4n) is 3.18. The summed E-state index contributed by atoms with van der Waals surface area (Å²) in [5.41, 5.74) is 5.35. The molecule has 0 aromatic heterocycles. The third-order valence-electron chi connectivity index (χ3n) is 4.67. The average Bonchev–Trinajstić information content (AvgIpc) is 2.53. The Morgan fingerprint density at radius 1 is 1.00 bits per heavy atom. The summed E-state index contributed by atoms with van der Waals surface area (Å²) in [6, 6.07) is 0. The Labute approximate surface area is 135 Å². The van der Waals surface area contributed by atoms with E-state index in [-0.39, 0.29) is 17.7 Å². The van der Waals surface area contributed by atoms with Gasteiger partial charge in [-0.3, -0.25) is 9.59 Å². The maximum atomic E-state index is 12.1. The second-order valence-electron chi connectivity index (χ2n) is 6.66. The van der Waals surface area contributed by atoms with Crippen LogP contribution in [-0.4, -0.2) is 29.8 Å². The summed E-state index contributed by atoms with van der Waals surface area (Å²) in [4.78, 5) is 25.2. The molecule has 1 unspecified atom stereocenters. The van der Waals surface area contributed by atoms with Crippen molar-refractivity contribution in [3.05, 3.63) is 0 Å². The molecule has 1 atom stereocenters. The van der Waals surface area contributed by atoms with E-state index < -0.39 is 0 Å². The van der Waals surface area contributed by atoms with Gasteiger partial charge in [-0.25, -0.2) is 0 Å². The minimum atomic E-state index is -0.263. The highest BCUT2D eigenvalue weighted by Gasteiger charge is 2.26. The van der Waals surface area contributed by atoms with Gasteiger partial charge in [-0.05, 0) is 19.3 Å². The molecule has 0 spiro atoms. The Bertz CT molecular complexity index is 331. The van der Waals surface area contributed by atoms with E-state index in [1.165, 1.54) is 44.9 Å². The molecule has 4 heteroatoms. The zero-order valence-electron chi connectivity index (χ0n) is 14.3. The number of nitrogens with two attached hydrogens (primary N) is 1. The van der Waals surface area contributed by atoms with Gasteiger partial charge in [0.25, 0.3) is 0 Å². The minimum absolute atomic E-state index is 0.138. The fraction of sp³-hybridized carbons (Fsp3) is 0.889. The number of piperidine rings is 1. The van der Waals surface area contributed by atoms with Gasteiger partial charge in [0.1, 0.15) is 0 Å². The van der Waals surface area contributed by atoms with Gasteiger partial charge in [-0.2, -0.15) is 0 Å². The third-order valence-corrected chi connectivity index (χ3v) is 4.67. The number of nitrogens with zero attached hydrogens (tertiary/aromatic N) is 1. The van der Waals surface area contributed by atoms with Crippen molar-refractivity contribution in [3.63, 3.8) is 0 Å². The van der Waals surface area contributed by atoms with Crippen LogP contribution < -0.4 is 5.73 Å². The van der Waals surface area contributed by atoms with E-state index >= 15 is 0 Å². The lowest BCUT2D eigenvalue weighted by atomic mass is 9.97. The number of primary amides is 1. The molecule has 128 valence electrons. The van der Waals surface area contributed by atoms with Gasteiger partial charge in [0.15, 0.2) is 0 Å². The van der Waals surface area contributed by atoms with Gasteiger partial charge in [-0.15, -0.1) is 0 Å². The molecule has 0 bridgehead atoms. The second-order valence-corrected chi connectivity index (χ2v) is 6.66. The molecule has 1 saturated heterocycles. The summed E-state index contributed by atoms with van der Waals surface area (Å²) < 4.78 is 0. The average molecular weight is 310 g/mol. The normalized spacial score (nSPS) is 18.4. The summed E-state index contributed by atoms with van der Waals surface area (Å²) >= 11 is 0. The predicted octanol–water partition coefficient (Wildman–Crippen LogP) is 3.63. The van der Waals surface area contributed by atoms with Crippen molar-refractivity contribution in [1.82, 2.24) is 4.90 Å². The standard InChI is InChI=1S/C18H34N2O2/c1-2-3-4-5-6-7-8-9-10-13-17(21)20-14-11-12-16(15-20)18(19)22/h16H,2-15H2,1H3,(H2,19,22). The van der Waals surface area contributed by atoms with Crippen molar-refractivity contribution in [2.24, 2.45) is 11.7 Å². The number of hydrogen-bond donors (Lipinski definition) is 1. The molecule has 1 heterocycles. The third kappa shape index (κ3) is 7.81. The monoisotopic (exact) mass is 310 g/mol. The number of hydrogen-bond acceptors (Lipinski definition) is 2. The second kappa shape index (κ2) is 11.5. The molecule has 1 aliphatic rings. The van der Waals surface area contributed by atoms with E-state index in [1.54, 1.807) is 0 Å². The van der Waals surface area contributed by atoms with Crippen molar-refractivity contribution >= 4 is 11.8 Å². The molecular weight excluding hydrogens is 276 g/mol. The number of unbranched alkanes of at least 4 members (excludes halogenated alkanes) is 8. The van der Waals surface area contributed by atoms with Crippen LogP contribution in [-0.2, 0) is 9.59 Å². The highest BCUT2D eigenvalue weighted by atomic mass is 16.2. The van der Waals surface area contributed by atoms with Crippen molar-refractivity contribution in [1.29, 1.82) is 0 Å². The van der Waals surface area contributed by atoms with Crippen molar-refractivity contribution in [2.75, 3.05) is 13.1 Å². The highest BCUT2D eigenvalue weighted by molar-refractivity contribution is 5.80. The molecule has 0 aromatic rings. The zero-order chi connectivity index (χ0) is 16.2. The van der Waals surface area contributed by atoms with Gasteiger partial charge >= 0.3 is 0 Å².